The van der Waals surface area contributed by atoms with Crippen molar-refractivity contribution in [2.75, 3.05) is 16.3 Å². The van der Waals surface area contributed by atoms with Crippen LogP contribution < -0.4 is 15.4 Å². The largest absolute Gasteiger partial charge is 0.326 e. The smallest absolute Gasteiger partial charge is 0.229 e. The summed E-state index contributed by atoms with van der Waals surface area (Å²) in [5, 5.41) is 6.45. The lowest BCUT2D eigenvalue weighted by molar-refractivity contribution is -0.117. The van der Waals surface area contributed by atoms with Crippen LogP contribution in [0.2, 0.25) is 0 Å². The summed E-state index contributed by atoms with van der Waals surface area (Å²) in [5.74, 6) is 0.430. The first-order valence-corrected chi connectivity index (χ1v) is 9.90. The standard InChI is InChI=1S/C16H23N3O3S/c1-23(21,22)19-15-4-2-3-12(10-15)18-16(20)9-11-7-13-5-6-14(8-11)17-13/h2-4,10-11,13-14,17,19H,5-9H2,1H3,(H,18,20). The minimum Gasteiger partial charge on any atom is -0.326 e. The van der Waals surface area contributed by atoms with Gasteiger partial charge >= 0.3 is 0 Å². The Morgan fingerprint density at radius 3 is 2.52 bits per heavy atom. The van der Waals surface area contributed by atoms with Crippen molar-refractivity contribution in [1.29, 1.82) is 0 Å². The minimum atomic E-state index is -3.32. The predicted molar refractivity (Wildman–Crippen MR) is 90.8 cm³/mol. The van der Waals surface area contributed by atoms with Crippen molar-refractivity contribution in [3.63, 3.8) is 0 Å². The second-order valence-corrected chi connectivity index (χ2v) is 8.43. The molecule has 7 heteroatoms. The number of benzene rings is 1. The molecule has 126 valence electrons. The van der Waals surface area contributed by atoms with Gasteiger partial charge in [0, 0.05) is 24.2 Å². The normalized spacial score (nSPS) is 26.7. The maximum absolute atomic E-state index is 12.2. The summed E-state index contributed by atoms with van der Waals surface area (Å²) in [6.07, 6.45) is 6.21. The van der Waals surface area contributed by atoms with Gasteiger partial charge in [0.2, 0.25) is 15.9 Å². The Labute approximate surface area is 137 Å². The van der Waals surface area contributed by atoms with E-state index in [1.165, 1.54) is 12.8 Å². The van der Waals surface area contributed by atoms with Crippen molar-refractivity contribution >= 4 is 27.3 Å². The molecule has 0 aromatic heterocycles. The lowest BCUT2D eigenvalue weighted by Crippen LogP contribution is -2.39. The Kier molecular flexibility index (Phi) is 4.59. The number of carbonyl (C=O) groups is 1. The number of anilines is 2. The second-order valence-electron chi connectivity index (χ2n) is 6.68. The third kappa shape index (κ3) is 4.68. The van der Waals surface area contributed by atoms with Crippen LogP contribution in [0.4, 0.5) is 11.4 Å². The first-order chi connectivity index (χ1) is 10.9. The van der Waals surface area contributed by atoms with Crippen molar-refractivity contribution in [2.24, 2.45) is 5.92 Å². The van der Waals surface area contributed by atoms with Crippen molar-refractivity contribution in [1.82, 2.24) is 5.32 Å². The highest BCUT2D eigenvalue weighted by Gasteiger charge is 2.34. The number of fused-ring (bicyclic) bond motifs is 2. The van der Waals surface area contributed by atoms with Crippen molar-refractivity contribution < 1.29 is 13.2 Å². The lowest BCUT2D eigenvalue weighted by Gasteiger charge is -2.28. The zero-order chi connectivity index (χ0) is 16.4. The molecule has 1 amide bonds. The summed E-state index contributed by atoms with van der Waals surface area (Å²) in [6, 6.07) is 7.92. The molecule has 2 fully saturated rings. The van der Waals surface area contributed by atoms with Gasteiger partial charge in [0.15, 0.2) is 0 Å². The molecule has 3 rings (SSSR count). The third-order valence-electron chi connectivity index (χ3n) is 4.49. The minimum absolute atomic E-state index is 0.00666. The number of amides is 1. The quantitative estimate of drug-likeness (QED) is 0.766. The zero-order valence-corrected chi connectivity index (χ0v) is 14.0. The summed E-state index contributed by atoms with van der Waals surface area (Å²) in [5.41, 5.74) is 1.06. The number of carbonyl (C=O) groups excluding carboxylic acids is 1. The highest BCUT2D eigenvalue weighted by Crippen LogP contribution is 2.32. The maximum atomic E-state index is 12.2. The van der Waals surface area contributed by atoms with Gasteiger partial charge < -0.3 is 10.6 Å². The van der Waals surface area contributed by atoms with E-state index in [1.807, 2.05) is 0 Å². The van der Waals surface area contributed by atoms with E-state index in [9.17, 15) is 13.2 Å². The van der Waals surface area contributed by atoms with Crippen LogP contribution >= 0.6 is 0 Å². The molecule has 2 atom stereocenters. The van der Waals surface area contributed by atoms with Crippen molar-refractivity contribution in [3.8, 4) is 0 Å². The fourth-order valence-corrected chi connectivity index (χ4v) is 4.25. The summed E-state index contributed by atoms with van der Waals surface area (Å²) in [4.78, 5) is 12.2. The van der Waals surface area contributed by atoms with Crippen LogP contribution in [0, 0.1) is 5.92 Å². The van der Waals surface area contributed by atoms with Crippen LogP contribution in [0.25, 0.3) is 0 Å². The molecular weight excluding hydrogens is 314 g/mol. The molecule has 0 spiro atoms. The van der Waals surface area contributed by atoms with Crippen LogP contribution in [-0.4, -0.2) is 32.7 Å². The molecule has 0 aliphatic carbocycles. The van der Waals surface area contributed by atoms with Gasteiger partial charge in [-0.3, -0.25) is 9.52 Å². The summed E-state index contributed by atoms with van der Waals surface area (Å²) < 4.78 is 24.9. The number of hydrogen-bond donors (Lipinski definition) is 3. The predicted octanol–water partition coefficient (Wildman–Crippen LogP) is 1.92. The Morgan fingerprint density at radius 2 is 1.87 bits per heavy atom. The molecule has 2 aliphatic heterocycles. The van der Waals surface area contributed by atoms with E-state index >= 15 is 0 Å². The first-order valence-electron chi connectivity index (χ1n) is 8.01. The van der Waals surface area contributed by atoms with Crippen LogP contribution in [0.3, 0.4) is 0 Å². The fraction of sp³-hybridized carbons (Fsp3) is 0.562. The van der Waals surface area contributed by atoms with E-state index in [2.05, 4.69) is 15.4 Å². The van der Waals surface area contributed by atoms with Gasteiger partial charge in [0.05, 0.1) is 11.9 Å². The van der Waals surface area contributed by atoms with E-state index < -0.39 is 10.0 Å². The fourth-order valence-electron chi connectivity index (χ4n) is 3.69. The van der Waals surface area contributed by atoms with Crippen LogP contribution in [0.5, 0.6) is 0 Å². The Bertz CT molecular complexity index is 678. The number of nitrogens with one attached hydrogen (secondary N) is 3. The van der Waals surface area contributed by atoms with Gasteiger partial charge in [-0.25, -0.2) is 8.42 Å². The number of hydrogen-bond acceptors (Lipinski definition) is 4. The van der Waals surface area contributed by atoms with Gasteiger partial charge in [-0.2, -0.15) is 0 Å². The first kappa shape index (κ1) is 16.3. The molecule has 23 heavy (non-hydrogen) atoms. The molecule has 2 saturated heterocycles. The van der Waals surface area contributed by atoms with Crippen molar-refractivity contribution in [2.45, 2.75) is 44.2 Å². The zero-order valence-electron chi connectivity index (χ0n) is 13.2. The molecule has 1 aromatic rings. The topological polar surface area (TPSA) is 87.3 Å². The number of piperidine rings is 1. The Hall–Kier alpha value is -1.60. The molecule has 6 nitrogen and oxygen atoms in total. The van der Waals surface area contributed by atoms with E-state index in [4.69, 9.17) is 0 Å². The summed E-state index contributed by atoms with van der Waals surface area (Å²) in [6.45, 7) is 0. The second kappa shape index (κ2) is 6.49. The monoisotopic (exact) mass is 337 g/mol. The molecule has 0 radical (unpaired) electrons. The van der Waals surface area contributed by atoms with Gasteiger partial charge in [-0.1, -0.05) is 6.07 Å². The van der Waals surface area contributed by atoms with E-state index in [0.29, 0.717) is 35.8 Å². The van der Waals surface area contributed by atoms with E-state index in [-0.39, 0.29) is 5.91 Å². The molecule has 2 bridgehead atoms. The van der Waals surface area contributed by atoms with E-state index in [1.54, 1.807) is 24.3 Å². The van der Waals surface area contributed by atoms with Gasteiger partial charge in [0.1, 0.15) is 0 Å². The van der Waals surface area contributed by atoms with E-state index in [0.717, 1.165) is 19.1 Å². The summed E-state index contributed by atoms with van der Waals surface area (Å²) in [7, 11) is -3.32. The highest BCUT2D eigenvalue weighted by atomic mass is 32.2. The number of rotatable bonds is 5. The maximum Gasteiger partial charge on any atom is 0.229 e. The average Bonchev–Trinajstić information content (AvgIpc) is 2.76. The Balaban J connectivity index is 1.56. The molecule has 0 saturated carbocycles. The molecule has 2 aliphatic rings. The SMILES string of the molecule is CS(=O)(=O)Nc1cccc(NC(=O)CC2CC3CCC(C2)N3)c1. The molecule has 1 aromatic carbocycles. The van der Waals surface area contributed by atoms with Crippen molar-refractivity contribution in [3.05, 3.63) is 24.3 Å². The Morgan fingerprint density at radius 1 is 1.22 bits per heavy atom. The van der Waals surface area contributed by atoms with Crippen LogP contribution in [0.1, 0.15) is 32.1 Å². The summed E-state index contributed by atoms with van der Waals surface area (Å²) >= 11 is 0. The molecule has 2 unspecified atom stereocenters. The van der Waals surface area contributed by atoms with Gasteiger partial charge in [-0.05, 0) is 49.8 Å². The molecule has 2 heterocycles. The number of sulfonamides is 1. The van der Waals surface area contributed by atoms with Gasteiger partial charge in [0.25, 0.3) is 0 Å². The van der Waals surface area contributed by atoms with Gasteiger partial charge in [-0.15, -0.1) is 0 Å². The lowest BCUT2D eigenvalue weighted by atomic mass is 9.89. The highest BCUT2D eigenvalue weighted by molar-refractivity contribution is 7.92. The van der Waals surface area contributed by atoms with Crippen LogP contribution in [0.15, 0.2) is 24.3 Å². The average molecular weight is 337 g/mol. The molecular formula is C16H23N3O3S. The van der Waals surface area contributed by atoms with Crippen LogP contribution in [-0.2, 0) is 14.8 Å². The molecule has 3 N–H and O–H groups in total. The third-order valence-corrected chi connectivity index (χ3v) is 5.10.